The topological polar surface area (TPSA) is 67.5 Å². The lowest BCUT2D eigenvalue weighted by atomic mass is 10.0. The number of amides is 1. The van der Waals surface area contributed by atoms with E-state index in [1.54, 1.807) is 0 Å². The maximum Gasteiger partial charge on any atom is 0.238 e. The van der Waals surface area contributed by atoms with Crippen molar-refractivity contribution in [2.45, 2.75) is 12.8 Å². The van der Waals surface area contributed by atoms with Gasteiger partial charge in [-0.2, -0.15) is 0 Å². The number of nitrogens with zero attached hydrogens (tertiary/aromatic N) is 1. The highest BCUT2D eigenvalue weighted by molar-refractivity contribution is 5.79. The lowest BCUT2D eigenvalue weighted by Crippen LogP contribution is -2.37. The minimum Gasteiger partial charge on any atom is -0.297 e. The van der Waals surface area contributed by atoms with Crippen molar-refractivity contribution in [3.05, 3.63) is 0 Å². The number of hydrazine groups is 1. The largest absolute Gasteiger partial charge is 0.297 e. The van der Waals surface area contributed by atoms with Gasteiger partial charge in [0.1, 0.15) is 0 Å². The lowest BCUT2D eigenvalue weighted by Gasteiger charge is -2.14. The van der Waals surface area contributed by atoms with Gasteiger partial charge >= 0.3 is 0 Å². The predicted molar refractivity (Wildman–Crippen MR) is 38.4 cm³/mol. The van der Waals surface area contributed by atoms with E-state index in [4.69, 9.17) is 5.84 Å². The van der Waals surface area contributed by atoms with Crippen molar-refractivity contribution in [3.63, 3.8) is 0 Å². The number of hydrogen-bond donors (Lipinski definition) is 2. The van der Waals surface area contributed by atoms with Crippen molar-refractivity contribution in [2.75, 3.05) is 6.54 Å². The van der Waals surface area contributed by atoms with Crippen LogP contribution in [-0.2, 0) is 4.79 Å². The molecular formula is C6H11N3O. The quantitative estimate of drug-likeness (QED) is 0.292. The predicted octanol–water partition coefficient (Wildman–Crippen LogP) is -0.543. The van der Waals surface area contributed by atoms with Gasteiger partial charge in [0.25, 0.3) is 0 Å². The second-order valence-corrected chi connectivity index (χ2v) is 2.33. The smallest absolute Gasteiger partial charge is 0.238 e. The monoisotopic (exact) mass is 141 g/mol. The average Bonchev–Trinajstić information content (AvgIpc) is 2.05. The Morgan fingerprint density at radius 2 is 2.60 bits per heavy atom. The Hall–Kier alpha value is -0.900. The van der Waals surface area contributed by atoms with E-state index in [0.29, 0.717) is 6.54 Å². The van der Waals surface area contributed by atoms with Gasteiger partial charge in [0, 0.05) is 0 Å². The normalized spacial score (nSPS) is 24.3. The third kappa shape index (κ3) is 1.54. The Morgan fingerprint density at radius 1 is 1.80 bits per heavy atom. The molecule has 0 aliphatic carbocycles. The molecule has 0 aromatic heterocycles. The fourth-order valence-corrected chi connectivity index (χ4v) is 0.992. The van der Waals surface area contributed by atoms with Crippen LogP contribution in [0.1, 0.15) is 12.8 Å². The van der Waals surface area contributed by atoms with Crippen LogP contribution >= 0.6 is 0 Å². The highest BCUT2D eigenvalue weighted by Crippen LogP contribution is 2.09. The van der Waals surface area contributed by atoms with E-state index in [1.165, 1.54) is 0 Å². The first-order chi connectivity index (χ1) is 4.84. The number of rotatable bonds is 1. The lowest BCUT2D eigenvalue weighted by molar-refractivity contribution is -0.124. The van der Waals surface area contributed by atoms with Gasteiger partial charge in [0.2, 0.25) is 5.91 Å². The summed E-state index contributed by atoms with van der Waals surface area (Å²) >= 11 is 0. The van der Waals surface area contributed by atoms with Gasteiger partial charge in [-0.05, 0) is 19.1 Å². The first-order valence-corrected chi connectivity index (χ1v) is 3.33. The molecule has 0 aromatic rings. The molecule has 0 saturated carbocycles. The Balaban J connectivity index is 2.41. The Labute approximate surface area is 59.5 Å². The van der Waals surface area contributed by atoms with Gasteiger partial charge in [-0.3, -0.25) is 15.2 Å². The molecular weight excluding hydrogens is 130 g/mol. The molecule has 1 unspecified atom stereocenters. The summed E-state index contributed by atoms with van der Waals surface area (Å²) in [6, 6.07) is 0. The number of hydrogen-bond acceptors (Lipinski definition) is 3. The molecule has 4 heteroatoms. The van der Waals surface area contributed by atoms with E-state index >= 15 is 0 Å². The molecule has 3 N–H and O–H groups in total. The Bertz CT molecular complexity index is 155. The molecule has 1 rings (SSSR count). The van der Waals surface area contributed by atoms with Crippen LogP contribution in [0.15, 0.2) is 4.99 Å². The summed E-state index contributed by atoms with van der Waals surface area (Å²) in [5.74, 6) is 4.85. The molecule has 1 aliphatic rings. The minimum atomic E-state index is -0.100. The summed E-state index contributed by atoms with van der Waals surface area (Å²) < 4.78 is 0. The van der Waals surface area contributed by atoms with E-state index in [-0.39, 0.29) is 11.8 Å². The number of carbonyl (C=O) groups is 1. The van der Waals surface area contributed by atoms with E-state index < -0.39 is 0 Å². The van der Waals surface area contributed by atoms with Crippen LogP contribution < -0.4 is 11.3 Å². The van der Waals surface area contributed by atoms with Crippen LogP contribution in [-0.4, -0.2) is 18.7 Å². The van der Waals surface area contributed by atoms with Crippen molar-refractivity contribution in [1.29, 1.82) is 0 Å². The third-order valence-electron chi connectivity index (χ3n) is 1.61. The summed E-state index contributed by atoms with van der Waals surface area (Å²) in [5, 5.41) is 0. The zero-order chi connectivity index (χ0) is 7.40. The summed E-state index contributed by atoms with van der Waals surface area (Å²) in [6.07, 6.45) is 3.60. The second-order valence-electron chi connectivity index (χ2n) is 2.33. The van der Waals surface area contributed by atoms with Gasteiger partial charge in [0.05, 0.1) is 12.5 Å². The highest BCUT2D eigenvalue weighted by Gasteiger charge is 2.17. The molecule has 1 aliphatic heterocycles. The molecule has 1 atom stereocenters. The molecule has 56 valence electrons. The minimum absolute atomic E-state index is 0.00463. The molecule has 0 bridgehead atoms. The van der Waals surface area contributed by atoms with Gasteiger partial charge < -0.3 is 0 Å². The Kier molecular flexibility index (Phi) is 2.39. The first-order valence-electron chi connectivity index (χ1n) is 3.33. The van der Waals surface area contributed by atoms with E-state index in [2.05, 4.69) is 10.4 Å². The van der Waals surface area contributed by atoms with Crippen molar-refractivity contribution in [2.24, 2.45) is 16.8 Å². The van der Waals surface area contributed by atoms with Gasteiger partial charge in [-0.1, -0.05) is 0 Å². The summed E-state index contributed by atoms with van der Waals surface area (Å²) in [5.41, 5.74) is 2.12. The SMILES string of the molecule is NNC(=O)C1CCC=NC1. The van der Waals surface area contributed by atoms with Crippen molar-refractivity contribution in [1.82, 2.24) is 5.43 Å². The molecule has 4 nitrogen and oxygen atoms in total. The van der Waals surface area contributed by atoms with Crippen molar-refractivity contribution in [3.8, 4) is 0 Å². The standard InChI is InChI=1S/C6H11N3O/c7-9-6(10)5-2-1-3-8-4-5/h3,5H,1-2,4,7H2,(H,9,10). The maximum absolute atomic E-state index is 10.9. The Morgan fingerprint density at radius 3 is 3.10 bits per heavy atom. The second kappa shape index (κ2) is 3.31. The fourth-order valence-electron chi connectivity index (χ4n) is 0.992. The number of carbonyl (C=O) groups excluding carboxylic acids is 1. The van der Waals surface area contributed by atoms with E-state index in [1.807, 2.05) is 6.21 Å². The number of aliphatic imine (C=N–C) groups is 1. The van der Waals surface area contributed by atoms with Crippen molar-refractivity contribution < 1.29 is 4.79 Å². The van der Waals surface area contributed by atoms with Crippen LogP contribution in [0.25, 0.3) is 0 Å². The molecule has 0 fully saturated rings. The van der Waals surface area contributed by atoms with Crippen LogP contribution in [0, 0.1) is 5.92 Å². The van der Waals surface area contributed by atoms with Crippen LogP contribution in [0.2, 0.25) is 0 Å². The molecule has 1 amide bonds. The van der Waals surface area contributed by atoms with Gasteiger partial charge in [-0.25, -0.2) is 5.84 Å². The van der Waals surface area contributed by atoms with Crippen molar-refractivity contribution >= 4 is 12.1 Å². The first kappa shape index (κ1) is 7.21. The molecule has 0 saturated heterocycles. The third-order valence-corrected chi connectivity index (χ3v) is 1.61. The molecule has 1 heterocycles. The zero-order valence-corrected chi connectivity index (χ0v) is 5.71. The van der Waals surface area contributed by atoms with Gasteiger partial charge in [0.15, 0.2) is 0 Å². The van der Waals surface area contributed by atoms with E-state index in [9.17, 15) is 4.79 Å². The molecule has 0 aromatic carbocycles. The summed E-state index contributed by atoms with van der Waals surface area (Å²) in [4.78, 5) is 14.8. The van der Waals surface area contributed by atoms with Crippen LogP contribution in [0.4, 0.5) is 0 Å². The zero-order valence-electron chi connectivity index (χ0n) is 5.71. The molecule has 0 spiro atoms. The molecule has 10 heavy (non-hydrogen) atoms. The number of nitrogens with two attached hydrogens (primary N) is 1. The van der Waals surface area contributed by atoms with Crippen LogP contribution in [0.5, 0.6) is 0 Å². The average molecular weight is 141 g/mol. The number of nitrogens with one attached hydrogen (secondary N) is 1. The van der Waals surface area contributed by atoms with Crippen LogP contribution in [0.3, 0.4) is 0 Å². The summed E-state index contributed by atoms with van der Waals surface area (Å²) in [6.45, 7) is 0.586. The maximum atomic E-state index is 10.9. The summed E-state index contributed by atoms with van der Waals surface area (Å²) in [7, 11) is 0. The highest BCUT2D eigenvalue weighted by atomic mass is 16.2. The van der Waals surface area contributed by atoms with E-state index in [0.717, 1.165) is 12.8 Å². The van der Waals surface area contributed by atoms with Gasteiger partial charge in [-0.15, -0.1) is 0 Å². The molecule has 0 radical (unpaired) electrons. The fraction of sp³-hybridized carbons (Fsp3) is 0.667.